The van der Waals surface area contributed by atoms with Gasteiger partial charge in [-0.25, -0.2) is 15.0 Å². The smallest absolute Gasteiger partial charge is 0.173 e. The Labute approximate surface area is 119 Å². The molecule has 0 aliphatic carbocycles. The number of hydrogen-bond donors (Lipinski definition) is 1. The van der Waals surface area contributed by atoms with Gasteiger partial charge in [0.05, 0.1) is 11.0 Å². The zero-order chi connectivity index (χ0) is 13.5. The van der Waals surface area contributed by atoms with E-state index in [2.05, 4.69) is 26.0 Å². The molecule has 0 saturated heterocycles. The normalized spacial score (nSPS) is 11.2. The highest BCUT2D eigenvalue weighted by molar-refractivity contribution is 7.13. The molecule has 4 rings (SSSR count). The summed E-state index contributed by atoms with van der Waals surface area (Å²) in [5, 5.41) is 2.87. The summed E-state index contributed by atoms with van der Waals surface area (Å²) in [4.78, 5) is 16.4. The van der Waals surface area contributed by atoms with Gasteiger partial charge in [0.25, 0.3) is 0 Å². The van der Waals surface area contributed by atoms with Crippen molar-refractivity contribution >= 4 is 22.4 Å². The van der Waals surface area contributed by atoms with Crippen LogP contribution in [-0.4, -0.2) is 24.5 Å². The van der Waals surface area contributed by atoms with Gasteiger partial charge in [0.15, 0.2) is 10.8 Å². The fourth-order valence-corrected chi connectivity index (χ4v) is 2.91. The molecule has 5 nitrogen and oxygen atoms in total. The average molecular weight is 281 g/mol. The van der Waals surface area contributed by atoms with E-state index in [-0.39, 0.29) is 0 Å². The van der Waals surface area contributed by atoms with Gasteiger partial charge in [-0.15, -0.1) is 11.3 Å². The maximum absolute atomic E-state index is 4.42. The van der Waals surface area contributed by atoms with Crippen molar-refractivity contribution in [1.29, 1.82) is 0 Å². The Morgan fingerprint density at radius 2 is 2.15 bits per heavy atom. The van der Waals surface area contributed by atoms with E-state index < -0.39 is 0 Å². The van der Waals surface area contributed by atoms with E-state index in [1.807, 2.05) is 35.2 Å². The number of nitrogens with one attached hydrogen (secondary N) is 1. The van der Waals surface area contributed by atoms with Crippen molar-refractivity contribution in [2.45, 2.75) is 6.92 Å². The van der Waals surface area contributed by atoms with Crippen LogP contribution in [0, 0.1) is 6.92 Å². The van der Waals surface area contributed by atoms with E-state index in [0.717, 1.165) is 33.4 Å². The molecular weight excluding hydrogens is 270 g/mol. The van der Waals surface area contributed by atoms with Gasteiger partial charge in [0, 0.05) is 29.7 Å². The average Bonchev–Trinajstić information content (AvgIpc) is 3.16. The molecule has 0 radical (unpaired) electrons. The number of benzene rings is 1. The molecule has 0 fully saturated rings. The van der Waals surface area contributed by atoms with E-state index in [9.17, 15) is 0 Å². The molecule has 3 aromatic heterocycles. The molecule has 1 N–H and O–H groups in total. The molecule has 4 aromatic rings. The Morgan fingerprint density at radius 1 is 1.20 bits per heavy atom. The molecule has 0 saturated carbocycles. The number of rotatable bonds is 2. The van der Waals surface area contributed by atoms with Crippen LogP contribution in [0.25, 0.3) is 27.6 Å². The molecule has 3 heterocycles. The van der Waals surface area contributed by atoms with Gasteiger partial charge in [-0.05, 0) is 25.1 Å². The molecule has 98 valence electrons. The third-order valence-electron chi connectivity index (χ3n) is 3.13. The Morgan fingerprint density at radius 3 is 3.00 bits per heavy atom. The molecule has 0 atom stereocenters. The lowest BCUT2D eigenvalue weighted by Gasteiger charge is -2.05. The Hall–Kier alpha value is -2.47. The molecule has 6 heteroatoms. The first kappa shape index (κ1) is 11.4. The summed E-state index contributed by atoms with van der Waals surface area (Å²) in [6.45, 7) is 1.96. The van der Waals surface area contributed by atoms with Crippen molar-refractivity contribution in [3.63, 3.8) is 0 Å². The summed E-state index contributed by atoms with van der Waals surface area (Å²) in [6.07, 6.45) is 5.53. The van der Waals surface area contributed by atoms with Crippen LogP contribution < -0.4 is 0 Å². The van der Waals surface area contributed by atoms with Gasteiger partial charge in [0.1, 0.15) is 5.82 Å². The maximum Gasteiger partial charge on any atom is 0.173 e. The number of hydrogen-bond acceptors (Lipinski definition) is 4. The summed E-state index contributed by atoms with van der Waals surface area (Å²) in [6, 6.07) is 6.13. The van der Waals surface area contributed by atoms with Crippen LogP contribution in [0.1, 0.15) is 5.82 Å². The second kappa shape index (κ2) is 4.28. The fourth-order valence-electron chi connectivity index (χ4n) is 2.28. The van der Waals surface area contributed by atoms with Crippen molar-refractivity contribution in [3.8, 4) is 16.5 Å². The molecule has 0 spiro atoms. The van der Waals surface area contributed by atoms with Crippen molar-refractivity contribution in [1.82, 2.24) is 24.5 Å². The summed E-state index contributed by atoms with van der Waals surface area (Å²) in [7, 11) is 0. The predicted octanol–water partition coefficient (Wildman–Crippen LogP) is 3.18. The first-order valence-electron chi connectivity index (χ1n) is 6.21. The van der Waals surface area contributed by atoms with E-state index in [0.29, 0.717) is 0 Å². The molecule has 0 aliphatic rings. The van der Waals surface area contributed by atoms with E-state index >= 15 is 0 Å². The second-order valence-corrected chi connectivity index (χ2v) is 5.38. The minimum atomic E-state index is 0.857. The fraction of sp³-hybridized carbons (Fsp3) is 0.0714. The van der Waals surface area contributed by atoms with Crippen LogP contribution in [0.5, 0.6) is 0 Å². The van der Waals surface area contributed by atoms with E-state index in [1.54, 1.807) is 23.7 Å². The number of aromatic amines is 1. The summed E-state index contributed by atoms with van der Waals surface area (Å²) in [5.74, 6) is 1.78. The Kier molecular flexibility index (Phi) is 2.43. The molecule has 20 heavy (non-hydrogen) atoms. The van der Waals surface area contributed by atoms with E-state index in [1.165, 1.54) is 0 Å². The van der Waals surface area contributed by atoms with Crippen LogP contribution in [-0.2, 0) is 0 Å². The molecular formula is C14H11N5S. The lowest BCUT2D eigenvalue weighted by atomic mass is 10.2. The number of H-pyrrole nitrogens is 1. The van der Waals surface area contributed by atoms with Crippen molar-refractivity contribution in [3.05, 3.63) is 48.0 Å². The number of nitrogens with zero attached hydrogens (tertiary/aromatic N) is 4. The molecule has 1 aromatic carbocycles. The largest absolute Gasteiger partial charge is 0.342 e. The Balaban J connectivity index is 1.89. The highest BCUT2D eigenvalue weighted by Gasteiger charge is 2.10. The van der Waals surface area contributed by atoms with Gasteiger partial charge < -0.3 is 4.98 Å². The summed E-state index contributed by atoms with van der Waals surface area (Å²) >= 11 is 1.58. The number of aromatic nitrogens is 5. The SMILES string of the molecule is Cc1nc2ccc(-n3ccnc3-c3nccs3)cc2[nH]1. The standard InChI is InChI=1S/C14H11N5S/c1-9-17-11-3-2-10(8-12(11)18-9)19-6-4-15-13(19)14-16-5-7-20-14/h2-8H,1H3,(H,17,18). The van der Waals surface area contributed by atoms with Crippen LogP contribution in [0.3, 0.4) is 0 Å². The van der Waals surface area contributed by atoms with Crippen LogP contribution in [0.4, 0.5) is 0 Å². The summed E-state index contributed by atoms with van der Waals surface area (Å²) in [5.41, 5.74) is 3.05. The number of aryl methyl sites for hydroxylation is 1. The van der Waals surface area contributed by atoms with Crippen LogP contribution in [0.15, 0.2) is 42.2 Å². The lowest BCUT2D eigenvalue weighted by molar-refractivity contribution is 1.06. The highest BCUT2D eigenvalue weighted by Crippen LogP contribution is 2.24. The van der Waals surface area contributed by atoms with Gasteiger partial charge >= 0.3 is 0 Å². The lowest BCUT2D eigenvalue weighted by Crippen LogP contribution is -1.95. The second-order valence-electron chi connectivity index (χ2n) is 4.48. The van der Waals surface area contributed by atoms with Crippen LogP contribution in [0.2, 0.25) is 0 Å². The van der Waals surface area contributed by atoms with Gasteiger partial charge in [0.2, 0.25) is 0 Å². The van der Waals surface area contributed by atoms with Crippen LogP contribution >= 0.6 is 11.3 Å². The quantitative estimate of drug-likeness (QED) is 0.614. The monoisotopic (exact) mass is 281 g/mol. The maximum atomic E-state index is 4.42. The first-order valence-corrected chi connectivity index (χ1v) is 7.09. The van der Waals surface area contributed by atoms with Gasteiger partial charge in [-0.2, -0.15) is 0 Å². The van der Waals surface area contributed by atoms with E-state index in [4.69, 9.17) is 0 Å². The highest BCUT2D eigenvalue weighted by atomic mass is 32.1. The minimum Gasteiger partial charge on any atom is -0.342 e. The third-order valence-corrected chi connectivity index (χ3v) is 3.90. The molecule has 0 bridgehead atoms. The number of fused-ring (bicyclic) bond motifs is 1. The minimum absolute atomic E-state index is 0.857. The van der Waals surface area contributed by atoms with Gasteiger partial charge in [-0.3, -0.25) is 4.57 Å². The Bertz CT molecular complexity index is 872. The zero-order valence-corrected chi connectivity index (χ0v) is 11.6. The summed E-state index contributed by atoms with van der Waals surface area (Å²) < 4.78 is 2.04. The van der Waals surface area contributed by atoms with Crippen molar-refractivity contribution in [2.24, 2.45) is 0 Å². The zero-order valence-electron chi connectivity index (χ0n) is 10.7. The number of thiazole rings is 1. The number of imidazole rings is 2. The van der Waals surface area contributed by atoms with Crippen molar-refractivity contribution in [2.75, 3.05) is 0 Å². The third kappa shape index (κ3) is 1.73. The van der Waals surface area contributed by atoms with Gasteiger partial charge in [-0.1, -0.05) is 0 Å². The molecule has 0 unspecified atom stereocenters. The topological polar surface area (TPSA) is 59.4 Å². The first-order chi connectivity index (χ1) is 9.81. The van der Waals surface area contributed by atoms with Crippen molar-refractivity contribution < 1.29 is 0 Å². The molecule has 0 amide bonds. The predicted molar refractivity (Wildman–Crippen MR) is 79.1 cm³/mol. The molecule has 0 aliphatic heterocycles.